The van der Waals surface area contributed by atoms with E-state index in [0.29, 0.717) is 36.0 Å². The van der Waals surface area contributed by atoms with E-state index in [1.807, 2.05) is 6.92 Å². The number of rotatable bonds is 7. The van der Waals surface area contributed by atoms with Gasteiger partial charge in [0.2, 0.25) is 11.8 Å². The maximum atomic E-state index is 12.2. The largest absolute Gasteiger partial charge is 0.490 e. The Hall–Kier alpha value is -1.75. The van der Waals surface area contributed by atoms with Gasteiger partial charge in [-0.1, -0.05) is 31.0 Å². The Morgan fingerprint density at radius 1 is 1.33 bits per heavy atom. The molecule has 6 heteroatoms. The zero-order valence-corrected chi connectivity index (χ0v) is 14.9. The molecule has 24 heavy (non-hydrogen) atoms. The van der Waals surface area contributed by atoms with Gasteiger partial charge in [0.15, 0.2) is 5.75 Å². The molecule has 1 aliphatic rings. The fraction of sp³-hybridized carbons (Fsp3) is 0.556. The fourth-order valence-corrected chi connectivity index (χ4v) is 2.91. The molecule has 1 aromatic carbocycles. The number of hydrogen-bond donors (Lipinski definition) is 1. The summed E-state index contributed by atoms with van der Waals surface area (Å²) in [5, 5.41) is 3.32. The molecular formula is C18H25ClN2O3. The molecule has 0 aromatic heterocycles. The number of likely N-dealkylation sites (tertiary alicyclic amines) is 1. The predicted octanol–water partition coefficient (Wildman–Crippen LogP) is 3.86. The Kier molecular flexibility index (Phi) is 7.37. The van der Waals surface area contributed by atoms with Gasteiger partial charge >= 0.3 is 0 Å². The molecule has 0 bridgehead atoms. The number of anilines is 1. The zero-order chi connectivity index (χ0) is 17.4. The van der Waals surface area contributed by atoms with Crippen LogP contribution in [0.1, 0.15) is 45.4 Å². The molecule has 1 heterocycles. The normalized spacial score (nSPS) is 15.1. The first-order chi connectivity index (χ1) is 11.6. The van der Waals surface area contributed by atoms with E-state index >= 15 is 0 Å². The third-order valence-corrected chi connectivity index (χ3v) is 4.27. The number of halogens is 1. The molecule has 2 amide bonds. The van der Waals surface area contributed by atoms with Crippen LogP contribution in [0.4, 0.5) is 5.69 Å². The van der Waals surface area contributed by atoms with Gasteiger partial charge in [0.25, 0.3) is 0 Å². The highest BCUT2D eigenvalue weighted by Crippen LogP contribution is 2.33. The fourth-order valence-electron chi connectivity index (χ4n) is 2.68. The maximum Gasteiger partial charge on any atom is 0.226 e. The molecule has 0 unspecified atom stereocenters. The van der Waals surface area contributed by atoms with Crippen molar-refractivity contribution in [2.45, 2.75) is 45.4 Å². The van der Waals surface area contributed by atoms with Crippen molar-refractivity contribution in [3.63, 3.8) is 0 Å². The van der Waals surface area contributed by atoms with Crippen molar-refractivity contribution in [3.8, 4) is 5.75 Å². The average molecular weight is 353 g/mol. The lowest BCUT2D eigenvalue weighted by atomic mass is 10.2. The molecule has 132 valence electrons. The third-order valence-electron chi connectivity index (χ3n) is 3.97. The van der Waals surface area contributed by atoms with Crippen molar-refractivity contribution in [1.29, 1.82) is 0 Å². The topological polar surface area (TPSA) is 58.6 Å². The highest BCUT2D eigenvalue weighted by atomic mass is 35.5. The first-order valence-corrected chi connectivity index (χ1v) is 8.98. The van der Waals surface area contributed by atoms with E-state index in [9.17, 15) is 9.59 Å². The van der Waals surface area contributed by atoms with Crippen molar-refractivity contribution in [2.75, 3.05) is 25.0 Å². The first-order valence-electron chi connectivity index (χ1n) is 8.60. The Morgan fingerprint density at radius 2 is 2.17 bits per heavy atom. The van der Waals surface area contributed by atoms with E-state index in [0.717, 1.165) is 32.2 Å². The number of nitrogens with one attached hydrogen (secondary N) is 1. The van der Waals surface area contributed by atoms with Gasteiger partial charge in [0.05, 0.1) is 17.3 Å². The second kappa shape index (κ2) is 9.52. The van der Waals surface area contributed by atoms with Crippen LogP contribution in [-0.4, -0.2) is 36.4 Å². The third kappa shape index (κ3) is 5.41. The molecule has 0 aliphatic carbocycles. The van der Waals surface area contributed by atoms with Crippen molar-refractivity contribution >= 4 is 29.1 Å². The van der Waals surface area contributed by atoms with Gasteiger partial charge in [-0.3, -0.25) is 9.59 Å². The second-order valence-corrected chi connectivity index (χ2v) is 6.36. The number of hydrogen-bond acceptors (Lipinski definition) is 3. The molecule has 1 aliphatic heterocycles. The van der Waals surface area contributed by atoms with Gasteiger partial charge in [0.1, 0.15) is 0 Å². The highest BCUT2D eigenvalue weighted by molar-refractivity contribution is 6.32. The van der Waals surface area contributed by atoms with Crippen molar-refractivity contribution in [3.05, 3.63) is 23.2 Å². The van der Waals surface area contributed by atoms with Crippen molar-refractivity contribution in [1.82, 2.24) is 4.90 Å². The Balaban J connectivity index is 1.92. The van der Waals surface area contributed by atoms with E-state index in [1.54, 1.807) is 23.1 Å². The standard InChI is InChI=1S/C18H25ClN2O3/c1-2-13-24-18-14(19)7-6-8-15(18)20-16(22)10-12-21-11-5-3-4-9-17(21)23/h6-8H,2-5,9-13H2,1H3,(H,20,22). The zero-order valence-electron chi connectivity index (χ0n) is 14.1. The Labute approximate surface area is 148 Å². The molecule has 1 N–H and O–H groups in total. The summed E-state index contributed by atoms with van der Waals surface area (Å²) in [6.45, 7) is 3.74. The Morgan fingerprint density at radius 3 is 2.96 bits per heavy atom. The lowest BCUT2D eigenvalue weighted by molar-refractivity contribution is -0.131. The maximum absolute atomic E-state index is 12.2. The predicted molar refractivity (Wildman–Crippen MR) is 95.5 cm³/mol. The van der Waals surface area contributed by atoms with E-state index in [1.165, 1.54) is 0 Å². The number of benzene rings is 1. The molecule has 0 radical (unpaired) electrons. The monoisotopic (exact) mass is 352 g/mol. The van der Waals surface area contributed by atoms with Crippen LogP contribution in [0.25, 0.3) is 0 Å². The number of ether oxygens (including phenoxy) is 1. The second-order valence-electron chi connectivity index (χ2n) is 5.95. The summed E-state index contributed by atoms with van der Waals surface area (Å²) in [6, 6.07) is 5.28. The summed E-state index contributed by atoms with van der Waals surface area (Å²) in [5.41, 5.74) is 0.572. The van der Waals surface area contributed by atoms with Gasteiger partial charge in [-0.05, 0) is 31.4 Å². The molecular weight excluding hydrogens is 328 g/mol. The summed E-state index contributed by atoms with van der Waals surface area (Å²) in [7, 11) is 0. The molecule has 1 aromatic rings. The van der Waals surface area contributed by atoms with E-state index in [-0.39, 0.29) is 18.2 Å². The van der Waals surface area contributed by atoms with Crippen molar-refractivity contribution < 1.29 is 14.3 Å². The number of carbonyl (C=O) groups excluding carboxylic acids is 2. The lowest BCUT2D eigenvalue weighted by Crippen LogP contribution is -2.33. The van der Waals surface area contributed by atoms with Crippen LogP contribution in [0.3, 0.4) is 0 Å². The van der Waals surface area contributed by atoms with E-state index in [2.05, 4.69) is 5.32 Å². The Bertz CT molecular complexity index is 577. The van der Waals surface area contributed by atoms with Gasteiger partial charge in [-0.2, -0.15) is 0 Å². The molecule has 0 atom stereocenters. The highest BCUT2D eigenvalue weighted by Gasteiger charge is 2.18. The van der Waals surface area contributed by atoms with Crippen LogP contribution < -0.4 is 10.1 Å². The number of carbonyl (C=O) groups is 2. The minimum atomic E-state index is -0.143. The van der Waals surface area contributed by atoms with Crippen LogP contribution in [0.5, 0.6) is 5.75 Å². The van der Waals surface area contributed by atoms with E-state index in [4.69, 9.17) is 16.3 Å². The van der Waals surface area contributed by atoms with Crippen LogP contribution in [0.15, 0.2) is 18.2 Å². The smallest absolute Gasteiger partial charge is 0.226 e. The number of amides is 2. The lowest BCUT2D eigenvalue weighted by Gasteiger charge is -2.20. The molecule has 1 fully saturated rings. The SMILES string of the molecule is CCCOc1c(Cl)cccc1NC(=O)CCN1CCCCCC1=O. The van der Waals surface area contributed by atoms with Crippen LogP contribution in [0, 0.1) is 0 Å². The molecule has 0 spiro atoms. The van der Waals surface area contributed by atoms with Crippen molar-refractivity contribution in [2.24, 2.45) is 0 Å². The van der Waals surface area contributed by atoms with Gasteiger partial charge in [-0.15, -0.1) is 0 Å². The quantitative estimate of drug-likeness (QED) is 0.810. The molecule has 0 saturated carbocycles. The summed E-state index contributed by atoms with van der Waals surface area (Å²) >= 11 is 6.16. The summed E-state index contributed by atoms with van der Waals surface area (Å²) < 4.78 is 5.63. The van der Waals surface area contributed by atoms with Crippen LogP contribution in [-0.2, 0) is 9.59 Å². The summed E-state index contributed by atoms with van der Waals surface area (Å²) in [5.74, 6) is 0.505. The first kappa shape index (κ1) is 18.6. The van der Waals surface area contributed by atoms with Crippen LogP contribution in [0.2, 0.25) is 5.02 Å². The molecule has 1 saturated heterocycles. The van der Waals surface area contributed by atoms with Gasteiger partial charge < -0.3 is 15.0 Å². The van der Waals surface area contributed by atoms with Crippen LogP contribution >= 0.6 is 11.6 Å². The summed E-state index contributed by atoms with van der Waals surface area (Å²) in [4.78, 5) is 26.0. The van der Waals surface area contributed by atoms with Gasteiger partial charge in [0, 0.05) is 25.9 Å². The minimum absolute atomic E-state index is 0.143. The average Bonchev–Trinajstić information content (AvgIpc) is 2.77. The van der Waals surface area contributed by atoms with E-state index < -0.39 is 0 Å². The molecule has 5 nitrogen and oxygen atoms in total. The number of nitrogens with zero attached hydrogens (tertiary/aromatic N) is 1. The summed E-state index contributed by atoms with van der Waals surface area (Å²) in [6.07, 6.45) is 4.75. The molecule has 2 rings (SSSR count). The number of para-hydroxylation sites is 1. The van der Waals surface area contributed by atoms with Gasteiger partial charge in [-0.25, -0.2) is 0 Å². The minimum Gasteiger partial charge on any atom is -0.490 e.